The number of fused-ring (bicyclic) bond motifs is 1. The Morgan fingerprint density at radius 1 is 1.18 bits per heavy atom. The third-order valence-corrected chi connectivity index (χ3v) is 3.53. The lowest BCUT2D eigenvalue weighted by Crippen LogP contribution is -2.30. The number of hydrogen-bond donors (Lipinski definition) is 2. The highest BCUT2D eigenvalue weighted by atomic mass is 15.1. The average molecular weight is 229 g/mol. The number of aliphatic imine (C=N–C) groups is 1. The van der Waals surface area contributed by atoms with Gasteiger partial charge >= 0.3 is 0 Å². The van der Waals surface area contributed by atoms with E-state index in [2.05, 4.69) is 33.8 Å². The molecular formula is C14H19N3. The Balaban J connectivity index is 1.54. The Bertz CT molecular complexity index is 437. The van der Waals surface area contributed by atoms with Crippen molar-refractivity contribution in [3.05, 3.63) is 34.9 Å². The van der Waals surface area contributed by atoms with Crippen LogP contribution in [-0.2, 0) is 19.4 Å². The summed E-state index contributed by atoms with van der Waals surface area (Å²) in [5.74, 6) is 1.10. The molecule has 0 spiro atoms. The van der Waals surface area contributed by atoms with Crippen LogP contribution in [0.2, 0.25) is 0 Å². The molecule has 90 valence electrons. The second kappa shape index (κ2) is 4.88. The molecule has 2 N–H and O–H groups in total. The molecule has 1 aliphatic heterocycles. The van der Waals surface area contributed by atoms with Gasteiger partial charge in [-0.1, -0.05) is 18.2 Å². The van der Waals surface area contributed by atoms with Crippen molar-refractivity contribution in [1.82, 2.24) is 10.6 Å². The molecule has 0 saturated heterocycles. The van der Waals surface area contributed by atoms with Gasteiger partial charge in [0.2, 0.25) is 0 Å². The Morgan fingerprint density at radius 3 is 3.00 bits per heavy atom. The van der Waals surface area contributed by atoms with Gasteiger partial charge in [0.15, 0.2) is 0 Å². The summed E-state index contributed by atoms with van der Waals surface area (Å²) in [6, 6.07) is 6.91. The lowest BCUT2D eigenvalue weighted by molar-refractivity contribution is 0.765. The first-order chi connectivity index (χ1) is 8.42. The van der Waals surface area contributed by atoms with Gasteiger partial charge in [-0.2, -0.15) is 0 Å². The second-order valence-corrected chi connectivity index (χ2v) is 4.82. The largest absolute Gasteiger partial charge is 0.371 e. The van der Waals surface area contributed by atoms with Gasteiger partial charge < -0.3 is 10.6 Å². The van der Waals surface area contributed by atoms with E-state index in [1.807, 2.05) is 0 Å². The van der Waals surface area contributed by atoms with E-state index in [9.17, 15) is 0 Å². The predicted molar refractivity (Wildman–Crippen MR) is 70.5 cm³/mol. The van der Waals surface area contributed by atoms with Crippen molar-refractivity contribution < 1.29 is 0 Å². The van der Waals surface area contributed by atoms with Crippen molar-refractivity contribution in [3.63, 3.8) is 0 Å². The molecule has 1 heterocycles. The van der Waals surface area contributed by atoms with Gasteiger partial charge in [0.1, 0.15) is 5.84 Å². The Labute approximate surface area is 102 Å². The molecule has 3 heteroatoms. The minimum Gasteiger partial charge on any atom is -0.371 e. The lowest BCUT2D eigenvalue weighted by atomic mass is 10.1. The van der Waals surface area contributed by atoms with E-state index in [4.69, 9.17) is 0 Å². The minimum atomic E-state index is 0.858. The number of amidine groups is 1. The lowest BCUT2D eigenvalue weighted by Gasteiger charge is -2.07. The zero-order valence-electron chi connectivity index (χ0n) is 10.1. The van der Waals surface area contributed by atoms with E-state index in [-0.39, 0.29) is 0 Å². The summed E-state index contributed by atoms with van der Waals surface area (Å²) >= 11 is 0. The SMILES string of the molecule is c1cc2c(cc1CNCC1=NCCN1)CCC2. The van der Waals surface area contributed by atoms with Crippen LogP contribution in [0.4, 0.5) is 0 Å². The van der Waals surface area contributed by atoms with Crippen LogP contribution < -0.4 is 10.6 Å². The van der Waals surface area contributed by atoms with Crippen molar-refractivity contribution in [1.29, 1.82) is 0 Å². The first kappa shape index (κ1) is 10.8. The fraction of sp³-hybridized carbons (Fsp3) is 0.500. The topological polar surface area (TPSA) is 36.4 Å². The summed E-state index contributed by atoms with van der Waals surface area (Å²) in [7, 11) is 0. The van der Waals surface area contributed by atoms with E-state index in [1.54, 1.807) is 11.1 Å². The molecule has 1 aliphatic carbocycles. The summed E-state index contributed by atoms with van der Waals surface area (Å²) in [6.07, 6.45) is 3.86. The number of hydrogen-bond acceptors (Lipinski definition) is 3. The van der Waals surface area contributed by atoms with Gasteiger partial charge in [0.25, 0.3) is 0 Å². The molecule has 0 saturated carbocycles. The summed E-state index contributed by atoms with van der Waals surface area (Å²) in [5.41, 5.74) is 4.50. The van der Waals surface area contributed by atoms with Gasteiger partial charge in [-0.05, 0) is 36.0 Å². The zero-order chi connectivity index (χ0) is 11.5. The van der Waals surface area contributed by atoms with Crippen molar-refractivity contribution in [2.75, 3.05) is 19.6 Å². The molecule has 0 radical (unpaired) electrons. The Morgan fingerprint density at radius 2 is 2.12 bits per heavy atom. The Kier molecular flexibility index (Phi) is 3.10. The third-order valence-electron chi connectivity index (χ3n) is 3.53. The highest BCUT2D eigenvalue weighted by Gasteiger charge is 2.10. The molecule has 3 nitrogen and oxygen atoms in total. The monoisotopic (exact) mass is 229 g/mol. The van der Waals surface area contributed by atoms with Gasteiger partial charge in [0, 0.05) is 13.1 Å². The molecule has 0 fully saturated rings. The molecule has 1 aromatic rings. The van der Waals surface area contributed by atoms with Gasteiger partial charge in [-0.15, -0.1) is 0 Å². The summed E-state index contributed by atoms with van der Waals surface area (Å²) in [5, 5.41) is 6.71. The van der Waals surface area contributed by atoms with Crippen LogP contribution in [0.25, 0.3) is 0 Å². The maximum absolute atomic E-state index is 4.37. The smallest absolute Gasteiger partial charge is 0.110 e. The summed E-state index contributed by atoms with van der Waals surface area (Å²) in [4.78, 5) is 4.37. The highest BCUT2D eigenvalue weighted by molar-refractivity contribution is 5.85. The van der Waals surface area contributed by atoms with Crippen molar-refractivity contribution in [2.45, 2.75) is 25.8 Å². The van der Waals surface area contributed by atoms with Gasteiger partial charge in [0.05, 0.1) is 13.1 Å². The van der Waals surface area contributed by atoms with Crippen LogP contribution in [-0.4, -0.2) is 25.5 Å². The fourth-order valence-corrected chi connectivity index (χ4v) is 2.63. The zero-order valence-corrected chi connectivity index (χ0v) is 10.1. The minimum absolute atomic E-state index is 0.858. The molecule has 0 unspecified atom stereocenters. The van der Waals surface area contributed by atoms with Gasteiger partial charge in [-0.3, -0.25) is 4.99 Å². The van der Waals surface area contributed by atoms with Crippen LogP contribution in [0.15, 0.2) is 23.2 Å². The average Bonchev–Trinajstić information content (AvgIpc) is 2.98. The number of nitrogens with one attached hydrogen (secondary N) is 2. The van der Waals surface area contributed by atoms with E-state index >= 15 is 0 Å². The highest BCUT2D eigenvalue weighted by Crippen LogP contribution is 2.22. The third kappa shape index (κ3) is 2.50. The second-order valence-electron chi connectivity index (χ2n) is 4.82. The van der Waals surface area contributed by atoms with E-state index in [1.165, 1.54) is 24.8 Å². The quantitative estimate of drug-likeness (QED) is 0.815. The predicted octanol–water partition coefficient (Wildman–Crippen LogP) is 1.27. The molecule has 0 aromatic heterocycles. The van der Waals surface area contributed by atoms with E-state index < -0.39 is 0 Å². The number of aryl methyl sites for hydroxylation is 2. The molecule has 3 rings (SSSR count). The van der Waals surface area contributed by atoms with Crippen LogP contribution in [0.1, 0.15) is 23.1 Å². The molecule has 2 aliphatic rings. The standard InChI is InChI=1S/C14H19N3/c1-2-12-5-4-11(8-13(12)3-1)9-15-10-14-16-6-7-17-14/h4-5,8,15H,1-3,6-7,9-10H2,(H,16,17). The van der Waals surface area contributed by atoms with Crippen molar-refractivity contribution >= 4 is 5.84 Å². The van der Waals surface area contributed by atoms with Crippen molar-refractivity contribution in [2.24, 2.45) is 4.99 Å². The van der Waals surface area contributed by atoms with Crippen LogP contribution >= 0.6 is 0 Å². The number of rotatable bonds is 4. The normalized spacial score (nSPS) is 17.8. The maximum Gasteiger partial charge on any atom is 0.110 e. The molecule has 0 atom stereocenters. The molecule has 0 amide bonds. The Hall–Kier alpha value is -1.35. The van der Waals surface area contributed by atoms with Crippen LogP contribution in [0.5, 0.6) is 0 Å². The maximum atomic E-state index is 4.37. The van der Waals surface area contributed by atoms with E-state index in [0.29, 0.717) is 0 Å². The summed E-state index contributed by atoms with van der Waals surface area (Å²) in [6.45, 7) is 3.72. The fourth-order valence-electron chi connectivity index (χ4n) is 2.63. The first-order valence-electron chi connectivity index (χ1n) is 6.50. The molecule has 1 aromatic carbocycles. The van der Waals surface area contributed by atoms with Crippen LogP contribution in [0.3, 0.4) is 0 Å². The van der Waals surface area contributed by atoms with Gasteiger partial charge in [-0.25, -0.2) is 0 Å². The van der Waals surface area contributed by atoms with Crippen molar-refractivity contribution in [3.8, 4) is 0 Å². The first-order valence-corrected chi connectivity index (χ1v) is 6.50. The molecule has 0 bridgehead atoms. The number of benzene rings is 1. The van der Waals surface area contributed by atoms with E-state index in [0.717, 1.165) is 32.0 Å². The molecular weight excluding hydrogens is 210 g/mol. The van der Waals surface area contributed by atoms with Crippen LogP contribution in [0, 0.1) is 0 Å². The molecule has 17 heavy (non-hydrogen) atoms. The summed E-state index contributed by atoms with van der Waals surface area (Å²) < 4.78 is 0. The number of nitrogens with zero attached hydrogens (tertiary/aromatic N) is 1.